The Labute approximate surface area is 155 Å². The molecule has 0 saturated carbocycles. The van der Waals surface area contributed by atoms with Gasteiger partial charge in [0.15, 0.2) is 10.7 Å². The highest BCUT2D eigenvalue weighted by molar-refractivity contribution is 7.15. The van der Waals surface area contributed by atoms with Gasteiger partial charge in [0.05, 0.1) is 18.5 Å². The van der Waals surface area contributed by atoms with Crippen molar-refractivity contribution in [3.05, 3.63) is 83.5 Å². The van der Waals surface area contributed by atoms with Crippen molar-refractivity contribution in [3.8, 4) is 17.0 Å². The Hall–Kier alpha value is -3.18. The van der Waals surface area contributed by atoms with Crippen LogP contribution in [0.4, 0.5) is 0 Å². The Morgan fingerprint density at radius 2 is 2.00 bits per heavy atom. The van der Waals surface area contributed by atoms with Gasteiger partial charge < -0.3 is 4.74 Å². The summed E-state index contributed by atoms with van der Waals surface area (Å²) in [5.74, 6) is 0.590. The standard InChI is InChI=1S/C21H16N2O2S/c1-25-17-9-5-8-16(14-17)19(24)11-10-18-20(15-6-3-2-4-7-15)22-21-23(18)12-13-26-21/h2-14H,1H3/b11-10+. The number of benzene rings is 2. The van der Waals surface area contributed by atoms with Crippen LogP contribution in [-0.2, 0) is 0 Å². The lowest BCUT2D eigenvalue weighted by atomic mass is 10.1. The van der Waals surface area contributed by atoms with E-state index in [0.717, 1.165) is 21.9 Å². The lowest BCUT2D eigenvalue weighted by molar-refractivity contribution is 0.104. The molecule has 4 rings (SSSR count). The van der Waals surface area contributed by atoms with Gasteiger partial charge in [-0.15, -0.1) is 11.3 Å². The summed E-state index contributed by atoms with van der Waals surface area (Å²) >= 11 is 1.57. The molecule has 4 nitrogen and oxygen atoms in total. The number of hydrogen-bond donors (Lipinski definition) is 0. The number of allylic oxidation sites excluding steroid dienone is 1. The van der Waals surface area contributed by atoms with Crippen LogP contribution in [0.3, 0.4) is 0 Å². The number of fused-ring (bicyclic) bond motifs is 1. The van der Waals surface area contributed by atoms with Gasteiger partial charge in [0.1, 0.15) is 5.75 Å². The number of nitrogens with zero attached hydrogens (tertiary/aromatic N) is 2. The van der Waals surface area contributed by atoms with Crippen LogP contribution in [0.25, 0.3) is 22.3 Å². The average molecular weight is 360 g/mol. The summed E-state index contributed by atoms with van der Waals surface area (Å²) in [6.45, 7) is 0. The molecule has 0 unspecified atom stereocenters. The minimum Gasteiger partial charge on any atom is -0.497 e. The zero-order valence-electron chi connectivity index (χ0n) is 14.1. The number of ketones is 1. The number of carbonyl (C=O) groups excluding carboxylic acids is 1. The van der Waals surface area contributed by atoms with Gasteiger partial charge in [0.25, 0.3) is 0 Å². The highest BCUT2D eigenvalue weighted by atomic mass is 32.1. The normalized spacial score (nSPS) is 11.3. The van der Waals surface area contributed by atoms with Crippen molar-refractivity contribution in [1.82, 2.24) is 9.38 Å². The molecule has 0 aliphatic heterocycles. The molecule has 128 valence electrons. The maximum absolute atomic E-state index is 12.6. The van der Waals surface area contributed by atoms with Crippen molar-refractivity contribution >= 4 is 28.2 Å². The maximum Gasteiger partial charge on any atom is 0.194 e. The Bertz CT molecular complexity index is 1090. The summed E-state index contributed by atoms with van der Waals surface area (Å²) in [5.41, 5.74) is 3.38. The van der Waals surface area contributed by atoms with E-state index in [2.05, 4.69) is 0 Å². The molecule has 2 heterocycles. The average Bonchev–Trinajstić information content (AvgIpc) is 3.28. The van der Waals surface area contributed by atoms with Crippen LogP contribution >= 0.6 is 11.3 Å². The highest BCUT2D eigenvalue weighted by Crippen LogP contribution is 2.27. The van der Waals surface area contributed by atoms with E-state index in [1.807, 2.05) is 64.5 Å². The van der Waals surface area contributed by atoms with Gasteiger partial charge in [-0.05, 0) is 24.3 Å². The van der Waals surface area contributed by atoms with E-state index < -0.39 is 0 Å². The van der Waals surface area contributed by atoms with Crippen molar-refractivity contribution in [2.45, 2.75) is 0 Å². The van der Waals surface area contributed by atoms with Gasteiger partial charge >= 0.3 is 0 Å². The molecule has 0 amide bonds. The fourth-order valence-corrected chi connectivity index (χ4v) is 3.52. The topological polar surface area (TPSA) is 43.6 Å². The van der Waals surface area contributed by atoms with Crippen LogP contribution in [0.1, 0.15) is 16.1 Å². The van der Waals surface area contributed by atoms with Crippen LogP contribution in [-0.4, -0.2) is 22.3 Å². The monoisotopic (exact) mass is 360 g/mol. The molecule has 2 aromatic heterocycles. The second kappa shape index (κ2) is 6.98. The minimum absolute atomic E-state index is 0.0758. The van der Waals surface area contributed by atoms with Gasteiger partial charge in [-0.3, -0.25) is 9.20 Å². The van der Waals surface area contributed by atoms with E-state index >= 15 is 0 Å². The van der Waals surface area contributed by atoms with Gasteiger partial charge in [-0.1, -0.05) is 42.5 Å². The third kappa shape index (κ3) is 3.05. The molecule has 0 bridgehead atoms. The first-order valence-electron chi connectivity index (χ1n) is 8.14. The summed E-state index contributed by atoms with van der Waals surface area (Å²) in [7, 11) is 1.59. The van der Waals surface area contributed by atoms with Crippen molar-refractivity contribution in [3.63, 3.8) is 0 Å². The summed E-state index contributed by atoms with van der Waals surface area (Å²) in [4.78, 5) is 18.2. The van der Waals surface area contributed by atoms with Gasteiger partial charge in [0, 0.05) is 22.7 Å². The van der Waals surface area contributed by atoms with Crippen LogP contribution < -0.4 is 4.74 Å². The molecule has 0 aliphatic rings. The van der Waals surface area contributed by atoms with Crippen molar-refractivity contribution in [1.29, 1.82) is 0 Å². The summed E-state index contributed by atoms with van der Waals surface area (Å²) in [6.07, 6.45) is 5.38. The number of thiazole rings is 1. The third-order valence-electron chi connectivity index (χ3n) is 4.09. The number of imidazole rings is 1. The largest absolute Gasteiger partial charge is 0.497 e. The van der Waals surface area contributed by atoms with Crippen LogP contribution in [0.15, 0.2) is 72.3 Å². The lowest BCUT2D eigenvalue weighted by Gasteiger charge is -2.02. The summed E-state index contributed by atoms with van der Waals surface area (Å²) in [5, 5.41) is 1.98. The first-order chi connectivity index (χ1) is 12.8. The quantitative estimate of drug-likeness (QED) is 0.373. The van der Waals surface area contributed by atoms with Crippen LogP contribution in [0.5, 0.6) is 5.75 Å². The molecular formula is C21H16N2O2S. The molecule has 0 saturated heterocycles. The maximum atomic E-state index is 12.6. The lowest BCUT2D eigenvalue weighted by Crippen LogP contribution is -1.95. The Morgan fingerprint density at radius 3 is 2.81 bits per heavy atom. The number of aromatic nitrogens is 2. The molecule has 0 N–H and O–H groups in total. The SMILES string of the molecule is COc1cccc(C(=O)/C=C/c2c(-c3ccccc3)nc3sccn23)c1. The summed E-state index contributed by atoms with van der Waals surface area (Å²) < 4.78 is 7.19. The van der Waals surface area contributed by atoms with E-state index in [0.29, 0.717) is 11.3 Å². The molecule has 4 aromatic rings. The number of rotatable bonds is 5. The van der Waals surface area contributed by atoms with Gasteiger partial charge in [-0.25, -0.2) is 4.98 Å². The second-order valence-electron chi connectivity index (χ2n) is 5.70. The number of ether oxygens (including phenoxy) is 1. The predicted molar refractivity (Wildman–Crippen MR) is 105 cm³/mol. The smallest absolute Gasteiger partial charge is 0.194 e. The number of methoxy groups -OCH3 is 1. The van der Waals surface area contributed by atoms with Crippen molar-refractivity contribution < 1.29 is 9.53 Å². The van der Waals surface area contributed by atoms with Crippen molar-refractivity contribution in [2.75, 3.05) is 7.11 Å². The van der Waals surface area contributed by atoms with E-state index in [-0.39, 0.29) is 5.78 Å². The molecule has 0 aliphatic carbocycles. The molecule has 0 atom stereocenters. The first kappa shape index (κ1) is 16.3. The van der Waals surface area contributed by atoms with E-state index in [4.69, 9.17) is 9.72 Å². The molecular weight excluding hydrogens is 344 g/mol. The van der Waals surface area contributed by atoms with E-state index in [1.54, 1.807) is 36.7 Å². The second-order valence-corrected chi connectivity index (χ2v) is 6.57. The zero-order chi connectivity index (χ0) is 17.9. The fraction of sp³-hybridized carbons (Fsp3) is 0.0476. The minimum atomic E-state index is -0.0758. The Kier molecular flexibility index (Phi) is 4.37. The van der Waals surface area contributed by atoms with E-state index in [9.17, 15) is 4.79 Å². The zero-order valence-corrected chi connectivity index (χ0v) is 14.9. The van der Waals surface area contributed by atoms with Crippen LogP contribution in [0, 0.1) is 0 Å². The van der Waals surface area contributed by atoms with Gasteiger partial charge in [0.2, 0.25) is 0 Å². The Morgan fingerprint density at radius 1 is 1.15 bits per heavy atom. The highest BCUT2D eigenvalue weighted by Gasteiger charge is 2.13. The number of hydrogen-bond acceptors (Lipinski definition) is 4. The van der Waals surface area contributed by atoms with Crippen LogP contribution in [0.2, 0.25) is 0 Å². The predicted octanol–water partition coefficient (Wildman–Crippen LogP) is 4.97. The Balaban J connectivity index is 1.73. The number of carbonyl (C=O) groups is 1. The third-order valence-corrected chi connectivity index (χ3v) is 4.85. The first-order valence-corrected chi connectivity index (χ1v) is 9.01. The molecule has 5 heteroatoms. The molecule has 0 fully saturated rings. The molecule has 26 heavy (non-hydrogen) atoms. The van der Waals surface area contributed by atoms with Gasteiger partial charge in [-0.2, -0.15) is 0 Å². The molecule has 0 spiro atoms. The van der Waals surface area contributed by atoms with Crippen molar-refractivity contribution in [2.24, 2.45) is 0 Å². The summed E-state index contributed by atoms with van der Waals surface area (Å²) in [6, 6.07) is 17.1. The fourth-order valence-electron chi connectivity index (χ4n) is 2.80. The molecule has 2 aromatic carbocycles. The van der Waals surface area contributed by atoms with E-state index in [1.165, 1.54) is 0 Å². The molecule has 0 radical (unpaired) electrons.